The molecule has 0 aliphatic carbocycles. The maximum Gasteiger partial charge on any atom is 0.271 e. The molecule has 32 heavy (non-hydrogen) atoms. The lowest BCUT2D eigenvalue weighted by atomic mass is 10.1. The molecule has 0 aliphatic rings. The maximum absolute atomic E-state index is 12.4. The number of rotatable bonds is 7. The summed E-state index contributed by atoms with van der Waals surface area (Å²) in [5, 5.41) is 7.23. The molecule has 0 saturated heterocycles. The van der Waals surface area contributed by atoms with Crippen molar-refractivity contribution in [3.8, 4) is 11.5 Å². The molecule has 7 nitrogen and oxygen atoms in total. The van der Waals surface area contributed by atoms with Gasteiger partial charge in [0.05, 0.1) is 24.9 Å². The summed E-state index contributed by atoms with van der Waals surface area (Å²) in [5.74, 6) is 0.461. The van der Waals surface area contributed by atoms with E-state index in [1.54, 1.807) is 67.8 Å². The van der Waals surface area contributed by atoms with Gasteiger partial charge in [0.15, 0.2) is 0 Å². The van der Waals surface area contributed by atoms with E-state index in [9.17, 15) is 9.59 Å². The highest BCUT2D eigenvalue weighted by atomic mass is 79.9. The van der Waals surface area contributed by atoms with Crippen molar-refractivity contribution in [3.05, 3.63) is 86.8 Å². The monoisotopic (exact) mass is 515 g/mol. The van der Waals surface area contributed by atoms with Crippen molar-refractivity contribution in [2.24, 2.45) is 5.10 Å². The van der Waals surface area contributed by atoms with Crippen LogP contribution in [0.5, 0.6) is 11.5 Å². The number of halogens is 2. The van der Waals surface area contributed by atoms with E-state index >= 15 is 0 Å². The number of benzene rings is 3. The molecule has 3 aromatic carbocycles. The highest BCUT2D eigenvalue weighted by Gasteiger charge is 2.10. The second-order valence-corrected chi connectivity index (χ2v) is 7.76. The van der Waals surface area contributed by atoms with Gasteiger partial charge in [0.1, 0.15) is 11.5 Å². The SMILES string of the molecule is COc1cc(OC)c(/C=N\NC(=O)c2ccc(NC(=O)c3cccc(Cl)c3)cc2)cc1Br. The summed E-state index contributed by atoms with van der Waals surface area (Å²) < 4.78 is 11.3. The Bertz CT molecular complexity index is 1170. The van der Waals surface area contributed by atoms with Crippen LogP contribution in [0.4, 0.5) is 5.69 Å². The molecule has 2 N–H and O–H groups in total. The normalized spacial score (nSPS) is 10.6. The first-order valence-corrected chi connectivity index (χ1v) is 10.5. The van der Waals surface area contributed by atoms with Gasteiger partial charge >= 0.3 is 0 Å². The minimum absolute atomic E-state index is 0.297. The summed E-state index contributed by atoms with van der Waals surface area (Å²) in [6.45, 7) is 0. The van der Waals surface area contributed by atoms with E-state index in [1.807, 2.05) is 0 Å². The van der Waals surface area contributed by atoms with Crippen molar-refractivity contribution in [1.82, 2.24) is 5.43 Å². The summed E-state index contributed by atoms with van der Waals surface area (Å²) in [4.78, 5) is 24.6. The lowest BCUT2D eigenvalue weighted by Crippen LogP contribution is -2.18. The first kappa shape index (κ1) is 23.3. The summed E-state index contributed by atoms with van der Waals surface area (Å²) in [6.07, 6.45) is 1.47. The minimum atomic E-state index is -0.402. The Labute approximate surface area is 198 Å². The molecule has 3 aromatic rings. The highest BCUT2D eigenvalue weighted by molar-refractivity contribution is 9.10. The van der Waals surface area contributed by atoms with Crippen molar-refractivity contribution < 1.29 is 19.1 Å². The lowest BCUT2D eigenvalue weighted by Gasteiger charge is -2.09. The van der Waals surface area contributed by atoms with Crippen LogP contribution in [0.15, 0.2) is 70.2 Å². The van der Waals surface area contributed by atoms with Crippen LogP contribution in [0.2, 0.25) is 5.02 Å². The molecule has 2 amide bonds. The van der Waals surface area contributed by atoms with Crippen LogP contribution in [0, 0.1) is 0 Å². The summed E-state index contributed by atoms with van der Waals surface area (Å²) in [5.41, 5.74) is 4.48. The number of hydrazone groups is 1. The largest absolute Gasteiger partial charge is 0.496 e. The Hall–Kier alpha value is -3.36. The number of nitrogens with zero attached hydrogens (tertiary/aromatic N) is 1. The zero-order chi connectivity index (χ0) is 23.1. The van der Waals surface area contributed by atoms with E-state index in [0.717, 1.165) is 4.47 Å². The molecular formula is C23H19BrClN3O4. The second kappa shape index (κ2) is 10.8. The molecule has 3 rings (SSSR count). The van der Waals surface area contributed by atoms with E-state index in [-0.39, 0.29) is 5.91 Å². The van der Waals surface area contributed by atoms with Gasteiger partial charge in [-0.15, -0.1) is 0 Å². The molecule has 164 valence electrons. The summed E-state index contributed by atoms with van der Waals surface area (Å²) >= 11 is 9.32. The Morgan fingerprint density at radius 2 is 1.66 bits per heavy atom. The zero-order valence-corrected chi connectivity index (χ0v) is 19.5. The molecule has 0 bridgehead atoms. The Balaban J connectivity index is 1.63. The predicted octanol–water partition coefficient (Wildman–Crippen LogP) is 5.14. The van der Waals surface area contributed by atoms with Gasteiger partial charge in [-0.3, -0.25) is 9.59 Å². The van der Waals surface area contributed by atoms with Crippen molar-refractivity contribution in [3.63, 3.8) is 0 Å². The average molecular weight is 517 g/mol. The molecule has 0 saturated carbocycles. The molecule has 0 radical (unpaired) electrons. The van der Waals surface area contributed by atoms with Crippen molar-refractivity contribution in [2.45, 2.75) is 0 Å². The maximum atomic E-state index is 12.4. The molecule has 0 fully saturated rings. The number of amides is 2. The first-order valence-electron chi connectivity index (χ1n) is 9.33. The van der Waals surface area contributed by atoms with Crippen LogP contribution < -0.4 is 20.2 Å². The van der Waals surface area contributed by atoms with Crippen LogP contribution in [-0.4, -0.2) is 32.2 Å². The van der Waals surface area contributed by atoms with Gasteiger partial charge in [0.2, 0.25) is 0 Å². The van der Waals surface area contributed by atoms with Crippen LogP contribution in [0.3, 0.4) is 0 Å². The van der Waals surface area contributed by atoms with Gasteiger partial charge in [-0.2, -0.15) is 5.10 Å². The number of hydrogen-bond acceptors (Lipinski definition) is 5. The number of nitrogens with one attached hydrogen (secondary N) is 2. The zero-order valence-electron chi connectivity index (χ0n) is 17.2. The molecule has 0 heterocycles. The summed E-state index contributed by atoms with van der Waals surface area (Å²) in [6, 6.07) is 16.5. The first-order chi connectivity index (χ1) is 15.4. The average Bonchev–Trinajstić information content (AvgIpc) is 2.79. The van der Waals surface area contributed by atoms with E-state index in [2.05, 4.69) is 31.8 Å². The number of ether oxygens (including phenoxy) is 2. The number of methoxy groups -OCH3 is 2. The van der Waals surface area contributed by atoms with Crippen molar-refractivity contribution in [2.75, 3.05) is 19.5 Å². The molecule has 0 atom stereocenters. The van der Waals surface area contributed by atoms with Gasteiger partial charge in [0.25, 0.3) is 11.8 Å². The Morgan fingerprint density at radius 1 is 0.938 bits per heavy atom. The molecule has 0 spiro atoms. The van der Waals surface area contributed by atoms with Gasteiger partial charge in [-0.1, -0.05) is 17.7 Å². The van der Waals surface area contributed by atoms with Crippen molar-refractivity contribution in [1.29, 1.82) is 0 Å². The smallest absolute Gasteiger partial charge is 0.271 e. The molecular weight excluding hydrogens is 498 g/mol. The number of carbonyl (C=O) groups excluding carboxylic acids is 2. The van der Waals surface area contributed by atoms with Crippen LogP contribution in [0.1, 0.15) is 26.3 Å². The van der Waals surface area contributed by atoms with E-state index in [0.29, 0.717) is 38.9 Å². The van der Waals surface area contributed by atoms with E-state index in [4.69, 9.17) is 21.1 Å². The highest BCUT2D eigenvalue weighted by Crippen LogP contribution is 2.31. The van der Waals surface area contributed by atoms with Crippen LogP contribution in [-0.2, 0) is 0 Å². The van der Waals surface area contributed by atoms with Gasteiger partial charge in [-0.05, 0) is 64.5 Å². The topological polar surface area (TPSA) is 89.0 Å². The second-order valence-electron chi connectivity index (χ2n) is 6.47. The van der Waals surface area contributed by atoms with E-state index in [1.165, 1.54) is 13.3 Å². The fraction of sp³-hybridized carbons (Fsp3) is 0.0870. The fourth-order valence-corrected chi connectivity index (χ4v) is 3.46. The molecule has 0 aliphatic heterocycles. The third-order valence-corrected chi connectivity index (χ3v) is 5.22. The fourth-order valence-electron chi connectivity index (χ4n) is 2.75. The molecule has 0 unspecified atom stereocenters. The minimum Gasteiger partial charge on any atom is -0.496 e. The van der Waals surface area contributed by atoms with Crippen molar-refractivity contribution >= 4 is 51.2 Å². The van der Waals surface area contributed by atoms with Gasteiger partial charge in [-0.25, -0.2) is 5.43 Å². The van der Waals surface area contributed by atoms with Gasteiger partial charge in [0, 0.05) is 33.5 Å². The predicted molar refractivity (Wildman–Crippen MR) is 128 cm³/mol. The number of anilines is 1. The van der Waals surface area contributed by atoms with Crippen LogP contribution >= 0.6 is 27.5 Å². The third kappa shape index (κ3) is 5.87. The molecule has 0 aromatic heterocycles. The third-order valence-electron chi connectivity index (χ3n) is 4.37. The quantitative estimate of drug-likeness (QED) is 0.336. The van der Waals surface area contributed by atoms with Gasteiger partial charge < -0.3 is 14.8 Å². The molecule has 9 heteroatoms. The Kier molecular flexibility index (Phi) is 7.86. The number of carbonyl (C=O) groups is 2. The standard InChI is InChI=1S/C23H19BrClN3O4/c1-31-20-12-21(32-2)19(24)11-16(20)13-26-28-23(30)14-6-8-18(9-7-14)27-22(29)15-4-3-5-17(25)10-15/h3-13H,1-2H3,(H,27,29)(H,28,30)/b26-13-. The lowest BCUT2D eigenvalue weighted by molar-refractivity contribution is 0.0954. The van der Waals surface area contributed by atoms with Crippen LogP contribution in [0.25, 0.3) is 0 Å². The Morgan fingerprint density at radius 3 is 2.31 bits per heavy atom. The van der Waals surface area contributed by atoms with E-state index < -0.39 is 5.91 Å². The number of hydrogen-bond donors (Lipinski definition) is 2. The summed E-state index contributed by atoms with van der Waals surface area (Å²) in [7, 11) is 3.09.